The van der Waals surface area contributed by atoms with Gasteiger partial charge in [-0.05, 0) is 29.8 Å². The van der Waals surface area contributed by atoms with Crippen molar-refractivity contribution in [3.63, 3.8) is 0 Å². The first-order valence-corrected chi connectivity index (χ1v) is 7.72. The van der Waals surface area contributed by atoms with Gasteiger partial charge in [0.15, 0.2) is 13.2 Å². The fourth-order valence-corrected chi connectivity index (χ4v) is 1.97. The number of ether oxygens (including phenoxy) is 2. The molecule has 132 valence electrons. The first kappa shape index (κ1) is 18.7. The largest absolute Gasteiger partial charge is 0.482 e. The molecule has 2 amide bonds. The fraction of sp³-hybridized carbons (Fsp3) is 0.158. The highest BCUT2D eigenvalue weighted by Gasteiger charge is 2.12. The highest BCUT2D eigenvalue weighted by atomic mass is 16.6. The van der Waals surface area contributed by atoms with Crippen molar-refractivity contribution in [3.05, 3.63) is 65.7 Å². The van der Waals surface area contributed by atoms with Gasteiger partial charge >= 0.3 is 5.97 Å². The summed E-state index contributed by atoms with van der Waals surface area (Å²) in [6.07, 6.45) is 0.0579. The Balaban J connectivity index is 1.67. The van der Waals surface area contributed by atoms with Crippen LogP contribution in [-0.2, 0) is 25.5 Å². The molecule has 0 saturated heterocycles. The van der Waals surface area contributed by atoms with Crippen LogP contribution in [0.2, 0.25) is 0 Å². The van der Waals surface area contributed by atoms with E-state index in [1.807, 2.05) is 12.1 Å². The fourth-order valence-electron chi connectivity index (χ4n) is 1.97. The number of imide groups is 1. The van der Waals surface area contributed by atoms with E-state index in [9.17, 15) is 14.4 Å². The smallest absolute Gasteiger partial charge is 0.344 e. The third kappa shape index (κ3) is 6.45. The van der Waals surface area contributed by atoms with Gasteiger partial charge in [0.1, 0.15) is 5.75 Å². The molecule has 2 aromatic carbocycles. The Kier molecular flexibility index (Phi) is 6.89. The van der Waals surface area contributed by atoms with Crippen LogP contribution in [0, 0.1) is 11.3 Å². The number of esters is 1. The lowest BCUT2D eigenvalue weighted by Gasteiger charge is -2.07. The molecule has 0 bridgehead atoms. The quantitative estimate of drug-likeness (QED) is 0.755. The van der Waals surface area contributed by atoms with Crippen LogP contribution in [-0.4, -0.2) is 31.0 Å². The molecule has 0 fully saturated rings. The molecule has 0 saturated carbocycles. The molecule has 2 aromatic rings. The van der Waals surface area contributed by atoms with Crippen molar-refractivity contribution in [2.24, 2.45) is 0 Å². The molecule has 0 atom stereocenters. The molecule has 0 aliphatic carbocycles. The lowest BCUT2D eigenvalue weighted by molar-refractivity contribution is -0.151. The number of benzene rings is 2. The second-order valence-electron chi connectivity index (χ2n) is 5.22. The predicted molar refractivity (Wildman–Crippen MR) is 90.9 cm³/mol. The van der Waals surface area contributed by atoms with Gasteiger partial charge in [-0.2, -0.15) is 5.26 Å². The summed E-state index contributed by atoms with van der Waals surface area (Å²) in [6.45, 7) is -0.965. The molecule has 0 radical (unpaired) electrons. The minimum atomic E-state index is -0.750. The average Bonchev–Trinajstić information content (AvgIpc) is 2.65. The Labute approximate surface area is 150 Å². The van der Waals surface area contributed by atoms with Gasteiger partial charge in [-0.3, -0.25) is 14.9 Å². The van der Waals surface area contributed by atoms with Crippen molar-refractivity contribution in [1.82, 2.24) is 5.32 Å². The molecule has 0 aromatic heterocycles. The Morgan fingerprint density at radius 1 is 0.923 bits per heavy atom. The zero-order valence-corrected chi connectivity index (χ0v) is 13.8. The third-order valence-corrected chi connectivity index (χ3v) is 3.19. The highest BCUT2D eigenvalue weighted by molar-refractivity contribution is 5.97. The number of carbonyl (C=O) groups excluding carboxylic acids is 3. The number of nitriles is 1. The summed E-state index contributed by atoms with van der Waals surface area (Å²) < 4.78 is 9.92. The summed E-state index contributed by atoms with van der Waals surface area (Å²) in [4.78, 5) is 34.9. The molecule has 0 aliphatic rings. The Hall–Kier alpha value is -3.66. The van der Waals surface area contributed by atoms with E-state index < -0.39 is 31.0 Å². The minimum Gasteiger partial charge on any atom is -0.482 e. The van der Waals surface area contributed by atoms with Crippen molar-refractivity contribution in [2.75, 3.05) is 13.2 Å². The third-order valence-electron chi connectivity index (χ3n) is 3.19. The van der Waals surface area contributed by atoms with Gasteiger partial charge in [-0.15, -0.1) is 0 Å². The molecule has 0 aliphatic heterocycles. The second kappa shape index (κ2) is 9.59. The van der Waals surface area contributed by atoms with Gasteiger partial charge in [0.05, 0.1) is 18.1 Å². The molecule has 7 nitrogen and oxygen atoms in total. The van der Waals surface area contributed by atoms with Crippen molar-refractivity contribution in [3.8, 4) is 11.8 Å². The molecule has 7 heteroatoms. The van der Waals surface area contributed by atoms with Gasteiger partial charge in [-0.1, -0.05) is 30.3 Å². The zero-order valence-electron chi connectivity index (χ0n) is 13.8. The summed E-state index contributed by atoms with van der Waals surface area (Å²) in [5.74, 6) is -1.55. The van der Waals surface area contributed by atoms with E-state index in [4.69, 9.17) is 14.7 Å². The lowest BCUT2D eigenvalue weighted by atomic mass is 10.1. The summed E-state index contributed by atoms with van der Waals surface area (Å²) in [7, 11) is 0. The van der Waals surface area contributed by atoms with E-state index in [1.54, 1.807) is 48.5 Å². The number of hydrogen-bond donors (Lipinski definition) is 1. The van der Waals surface area contributed by atoms with Crippen LogP contribution < -0.4 is 10.1 Å². The van der Waals surface area contributed by atoms with E-state index in [2.05, 4.69) is 5.32 Å². The second-order valence-corrected chi connectivity index (χ2v) is 5.22. The number of nitrogens with one attached hydrogen (secondary N) is 1. The first-order chi connectivity index (χ1) is 12.6. The number of amides is 2. The molecule has 0 heterocycles. The standard InChI is InChI=1S/C19H16N2O5/c20-11-15-6-8-16(9-7-15)25-13-19(24)26-12-18(23)21-17(22)10-14-4-2-1-3-5-14/h1-9H,10,12-13H2,(H,21,22,23). The number of nitrogens with zero attached hydrogens (tertiary/aromatic N) is 1. The molecule has 2 rings (SSSR count). The highest BCUT2D eigenvalue weighted by Crippen LogP contribution is 2.11. The molecular formula is C19H16N2O5. The Bertz CT molecular complexity index is 810. The number of rotatable bonds is 7. The van der Waals surface area contributed by atoms with Crippen LogP contribution in [0.15, 0.2) is 54.6 Å². The van der Waals surface area contributed by atoms with E-state index in [1.165, 1.54) is 0 Å². The van der Waals surface area contributed by atoms with Gasteiger partial charge in [0.2, 0.25) is 5.91 Å². The van der Waals surface area contributed by atoms with Crippen LogP contribution in [0.3, 0.4) is 0 Å². The molecule has 0 unspecified atom stereocenters. The van der Waals surface area contributed by atoms with Gasteiger partial charge in [-0.25, -0.2) is 4.79 Å². The lowest BCUT2D eigenvalue weighted by Crippen LogP contribution is -2.35. The maximum Gasteiger partial charge on any atom is 0.344 e. The number of carbonyl (C=O) groups is 3. The van der Waals surface area contributed by atoms with Gasteiger partial charge in [0, 0.05) is 0 Å². The van der Waals surface area contributed by atoms with Gasteiger partial charge in [0.25, 0.3) is 5.91 Å². The van der Waals surface area contributed by atoms with E-state index in [0.717, 1.165) is 5.56 Å². The maximum absolute atomic E-state index is 11.7. The predicted octanol–water partition coefficient (Wildman–Crippen LogP) is 1.37. The van der Waals surface area contributed by atoms with Gasteiger partial charge < -0.3 is 9.47 Å². The Morgan fingerprint density at radius 3 is 2.27 bits per heavy atom. The zero-order chi connectivity index (χ0) is 18.8. The topological polar surface area (TPSA) is 105 Å². The maximum atomic E-state index is 11.7. The van der Waals surface area contributed by atoms with Crippen LogP contribution in [0.25, 0.3) is 0 Å². The summed E-state index contributed by atoms with van der Waals surface area (Å²) >= 11 is 0. The van der Waals surface area contributed by atoms with Crippen molar-refractivity contribution in [1.29, 1.82) is 5.26 Å². The Morgan fingerprint density at radius 2 is 1.62 bits per heavy atom. The molecular weight excluding hydrogens is 336 g/mol. The molecule has 0 spiro atoms. The summed E-state index contributed by atoms with van der Waals surface area (Å²) in [5.41, 5.74) is 1.24. The van der Waals surface area contributed by atoms with Crippen LogP contribution >= 0.6 is 0 Å². The van der Waals surface area contributed by atoms with Crippen molar-refractivity contribution < 1.29 is 23.9 Å². The summed E-state index contributed by atoms with van der Waals surface area (Å²) in [6, 6.07) is 17.1. The van der Waals surface area contributed by atoms with E-state index in [-0.39, 0.29) is 6.42 Å². The molecule has 26 heavy (non-hydrogen) atoms. The average molecular weight is 352 g/mol. The normalized spacial score (nSPS) is 9.65. The summed E-state index contributed by atoms with van der Waals surface area (Å²) in [5, 5.41) is 10.8. The van der Waals surface area contributed by atoms with E-state index in [0.29, 0.717) is 11.3 Å². The number of hydrogen-bond acceptors (Lipinski definition) is 6. The molecule has 1 N–H and O–H groups in total. The van der Waals surface area contributed by atoms with Crippen LogP contribution in [0.4, 0.5) is 0 Å². The minimum absolute atomic E-state index is 0.0579. The first-order valence-electron chi connectivity index (χ1n) is 7.72. The monoisotopic (exact) mass is 352 g/mol. The van der Waals surface area contributed by atoms with Crippen molar-refractivity contribution in [2.45, 2.75) is 6.42 Å². The van der Waals surface area contributed by atoms with Crippen LogP contribution in [0.1, 0.15) is 11.1 Å². The van der Waals surface area contributed by atoms with E-state index >= 15 is 0 Å². The SMILES string of the molecule is N#Cc1ccc(OCC(=O)OCC(=O)NC(=O)Cc2ccccc2)cc1. The van der Waals surface area contributed by atoms with Crippen molar-refractivity contribution >= 4 is 17.8 Å². The van der Waals surface area contributed by atoms with Crippen LogP contribution in [0.5, 0.6) is 5.75 Å².